The van der Waals surface area contributed by atoms with Gasteiger partial charge in [0.05, 0.1) is 12.2 Å². The molecule has 144 valence electrons. The van der Waals surface area contributed by atoms with Crippen molar-refractivity contribution in [1.29, 1.82) is 0 Å². The van der Waals surface area contributed by atoms with E-state index in [0.29, 0.717) is 17.0 Å². The van der Waals surface area contributed by atoms with E-state index < -0.39 is 23.7 Å². The minimum atomic E-state index is -1.12. The molecule has 0 saturated carbocycles. The number of carbonyl (C=O) groups is 3. The summed E-state index contributed by atoms with van der Waals surface area (Å²) >= 11 is 6.08. The first-order chi connectivity index (χ1) is 13.5. The number of ether oxygens (including phenoxy) is 1. The maximum absolute atomic E-state index is 12.3. The number of amides is 2. The molecule has 2 aromatic rings. The van der Waals surface area contributed by atoms with Gasteiger partial charge in [0.15, 0.2) is 11.0 Å². The molecule has 0 atom stereocenters. The van der Waals surface area contributed by atoms with Gasteiger partial charge >= 0.3 is 5.97 Å². The number of thiocarbonyl (C=S) groups is 1. The molecular formula is C19H17N3O4S2. The second kappa shape index (κ2) is 8.85. The minimum Gasteiger partial charge on any atom is -0.462 e. The molecule has 2 N–H and O–H groups in total. The van der Waals surface area contributed by atoms with Crippen LogP contribution >= 0.6 is 23.6 Å². The van der Waals surface area contributed by atoms with Crippen LogP contribution in [-0.4, -0.2) is 35.7 Å². The average Bonchev–Trinajstić information content (AvgIpc) is 3.04. The smallest absolute Gasteiger partial charge is 0.341 e. The van der Waals surface area contributed by atoms with Gasteiger partial charge in [-0.3, -0.25) is 9.59 Å². The zero-order valence-electron chi connectivity index (χ0n) is 14.9. The molecule has 0 aliphatic carbocycles. The van der Waals surface area contributed by atoms with Crippen molar-refractivity contribution in [3.8, 4) is 0 Å². The Bertz CT molecular complexity index is 933. The fourth-order valence-corrected chi connectivity index (χ4v) is 3.80. The highest BCUT2D eigenvalue weighted by Gasteiger charge is 2.31. The molecule has 2 amide bonds. The zero-order chi connectivity index (χ0) is 20.1. The molecule has 1 aliphatic heterocycles. The van der Waals surface area contributed by atoms with Gasteiger partial charge in [0, 0.05) is 17.5 Å². The third-order valence-corrected chi connectivity index (χ3v) is 5.11. The van der Waals surface area contributed by atoms with Crippen molar-refractivity contribution in [3.63, 3.8) is 0 Å². The first-order valence-electron chi connectivity index (χ1n) is 8.51. The molecule has 1 aromatic heterocycles. The Morgan fingerprint density at radius 3 is 2.57 bits per heavy atom. The molecule has 0 spiro atoms. The number of thiophene rings is 1. The van der Waals surface area contributed by atoms with Crippen LogP contribution in [0.1, 0.15) is 27.7 Å². The molecule has 0 bridgehead atoms. The van der Waals surface area contributed by atoms with Crippen molar-refractivity contribution >= 4 is 57.7 Å². The SMILES string of the molecule is CCOC(=O)c1cc(Cc2ccccc2)sc1N=CC1C(=O)NC(=S)NC1=O. The van der Waals surface area contributed by atoms with Crippen LogP contribution in [0.25, 0.3) is 0 Å². The van der Waals surface area contributed by atoms with Gasteiger partial charge in [0.1, 0.15) is 5.00 Å². The van der Waals surface area contributed by atoms with Crippen molar-refractivity contribution < 1.29 is 19.1 Å². The lowest BCUT2D eigenvalue weighted by Crippen LogP contribution is -2.56. The van der Waals surface area contributed by atoms with E-state index in [-0.39, 0.29) is 11.7 Å². The van der Waals surface area contributed by atoms with Crippen LogP contribution in [0.5, 0.6) is 0 Å². The van der Waals surface area contributed by atoms with Crippen LogP contribution in [0, 0.1) is 5.92 Å². The van der Waals surface area contributed by atoms with Crippen LogP contribution in [0.3, 0.4) is 0 Å². The molecule has 1 fully saturated rings. The molecule has 3 rings (SSSR count). The Morgan fingerprint density at radius 2 is 1.93 bits per heavy atom. The number of carbonyl (C=O) groups excluding carboxylic acids is 3. The Balaban J connectivity index is 1.87. The van der Waals surface area contributed by atoms with Gasteiger partial charge in [-0.2, -0.15) is 0 Å². The van der Waals surface area contributed by atoms with Crippen LogP contribution in [-0.2, 0) is 20.7 Å². The van der Waals surface area contributed by atoms with E-state index >= 15 is 0 Å². The van der Waals surface area contributed by atoms with Gasteiger partial charge in [-0.05, 0) is 30.8 Å². The summed E-state index contributed by atoms with van der Waals surface area (Å²) < 4.78 is 5.10. The van der Waals surface area contributed by atoms with Crippen LogP contribution in [0.4, 0.5) is 5.00 Å². The van der Waals surface area contributed by atoms with E-state index in [0.717, 1.165) is 10.4 Å². The van der Waals surface area contributed by atoms with Crippen LogP contribution < -0.4 is 10.6 Å². The highest BCUT2D eigenvalue weighted by atomic mass is 32.1. The Hall–Kier alpha value is -2.91. The summed E-state index contributed by atoms with van der Waals surface area (Å²) in [4.78, 5) is 41.4. The quantitative estimate of drug-likeness (QED) is 0.327. The first kappa shape index (κ1) is 19.8. The summed E-state index contributed by atoms with van der Waals surface area (Å²) in [5.41, 5.74) is 1.40. The molecule has 0 unspecified atom stereocenters. The number of nitrogens with one attached hydrogen (secondary N) is 2. The number of aliphatic imine (C=N–C) groups is 1. The van der Waals surface area contributed by atoms with Gasteiger partial charge < -0.3 is 15.4 Å². The molecule has 28 heavy (non-hydrogen) atoms. The standard InChI is InChI=1S/C19H17N3O4S2/c1-2-26-18(25)13-9-12(8-11-6-4-3-5-7-11)28-17(13)20-10-14-15(23)21-19(27)22-16(14)24/h3-7,9-10,14H,2,8H2,1H3,(H2,21,22,23,24,27). The van der Waals surface area contributed by atoms with Gasteiger partial charge in [-0.1, -0.05) is 30.3 Å². The molecule has 0 radical (unpaired) electrons. The monoisotopic (exact) mass is 415 g/mol. The summed E-state index contributed by atoms with van der Waals surface area (Å²) in [5.74, 6) is -2.74. The lowest BCUT2D eigenvalue weighted by molar-refractivity contribution is -0.131. The lowest BCUT2D eigenvalue weighted by atomic mass is 10.1. The molecule has 2 heterocycles. The van der Waals surface area contributed by atoms with Gasteiger partial charge in [-0.15, -0.1) is 11.3 Å². The zero-order valence-corrected chi connectivity index (χ0v) is 16.6. The molecule has 1 aromatic carbocycles. The van der Waals surface area contributed by atoms with E-state index in [1.54, 1.807) is 13.0 Å². The molecule has 1 saturated heterocycles. The highest BCUT2D eigenvalue weighted by Crippen LogP contribution is 2.33. The van der Waals surface area contributed by atoms with Crippen molar-refractivity contribution in [2.24, 2.45) is 10.9 Å². The summed E-state index contributed by atoms with van der Waals surface area (Å²) in [6.45, 7) is 1.95. The van der Waals surface area contributed by atoms with Crippen molar-refractivity contribution in [2.75, 3.05) is 6.61 Å². The third kappa shape index (κ3) is 4.68. The fraction of sp³-hybridized carbons (Fsp3) is 0.211. The van der Waals surface area contributed by atoms with E-state index in [1.807, 2.05) is 30.3 Å². The average molecular weight is 415 g/mol. The van der Waals surface area contributed by atoms with Crippen molar-refractivity contribution in [3.05, 3.63) is 52.4 Å². The molecule has 9 heteroatoms. The number of esters is 1. The van der Waals surface area contributed by atoms with E-state index in [9.17, 15) is 14.4 Å². The summed E-state index contributed by atoms with van der Waals surface area (Å²) in [7, 11) is 0. The predicted octanol–water partition coefficient (Wildman–Crippen LogP) is 2.36. The van der Waals surface area contributed by atoms with E-state index in [2.05, 4.69) is 15.6 Å². The van der Waals surface area contributed by atoms with Crippen LogP contribution in [0.2, 0.25) is 0 Å². The second-order valence-corrected chi connectivity index (χ2v) is 7.40. The van der Waals surface area contributed by atoms with E-state index in [4.69, 9.17) is 17.0 Å². The van der Waals surface area contributed by atoms with Crippen LogP contribution in [0.15, 0.2) is 41.4 Å². The lowest BCUT2D eigenvalue weighted by Gasteiger charge is -2.19. The number of benzene rings is 1. The Labute approximate surface area is 170 Å². The number of hydrogen-bond acceptors (Lipinski definition) is 7. The largest absolute Gasteiger partial charge is 0.462 e. The van der Waals surface area contributed by atoms with Gasteiger partial charge in [-0.25, -0.2) is 9.79 Å². The second-order valence-electron chi connectivity index (χ2n) is 5.88. The van der Waals surface area contributed by atoms with Gasteiger partial charge in [0.25, 0.3) is 0 Å². The third-order valence-electron chi connectivity index (χ3n) is 3.86. The Kier molecular flexibility index (Phi) is 6.27. The van der Waals surface area contributed by atoms with Crippen molar-refractivity contribution in [1.82, 2.24) is 10.6 Å². The first-order valence-corrected chi connectivity index (χ1v) is 9.74. The van der Waals surface area contributed by atoms with E-state index in [1.165, 1.54) is 17.6 Å². The topological polar surface area (TPSA) is 96.9 Å². The minimum absolute atomic E-state index is 0.0341. The number of nitrogens with zero attached hydrogens (tertiary/aromatic N) is 1. The highest BCUT2D eigenvalue weighted by molar-refractivity contribution is 7.80. The summed E-state index contributed by atoms with van der Waals surface area (Å²) in [6.07, 6.45) is 1.85. The number of hydrogen-bond donors (Lipinski definition) is 2. The maximum atomic E-state index is 12.3. The normalized spacial score (nSPS) is 14.8. The number of rotatable bonds is 6. The fourth-order valence-electron chi connectivity index (χ4n) is 2.57. The summed E-state index contributed by atoms with van der Waals surface area (Å²) in [5, 5.41) is 5.10. The van der Waals surface area contributed by atoms with Crippen molar-refractivity contribution in [2.45, 2.75) is 13.3 Å². The predicted molar refractivity (Wildman–Crippen MR) is 110 cm³/mol. The molecule has 7 nitrogen and oxygen atoms in total. The Morgan fingerprint density at radius 1 is 1.25 bits per heavy atom. The maximum Gasteiger partial charge on any atom is 0.341 e. The summed E-state index contributed by atoms with van der Waals surface area (Å²) in [6, 6.07) is 11.5. The molecule has 1 aliphatic rings. The van der Waals surface area contributed by atoms with Gasteiger partial charge in [0.2, 0.25) is 11.8 Å². The molecular weight excluding hydrogens is 398 g/mol.